The monoisotopic (exact) mass is 350 g/mol. The summed E-state index contributed by atoms with van der Waals surface area (Å²) in [5.74, 6) is 2.23. The molecule has 9 heteroatoms. The SMILES string of the molecule is Cc1nc(C2CCCN2S(=O)(=O)c2ccc3c(c2)OCCO3)n[nH]1. The predicted molar refractivity (Wildman–Crippen MR) is 84.4 cm³/mol. The summed E-state index contributed by atoms with van der Waals surface area (Å²) >= 11 is 0. The number of fused-ring (bicyclic) bond motifs is 1. The molecule has 0 saturated carbocycles. The lowest BCUT2D eigenvalue weighted by atomic mass is 10.2. The van der Waals surface area contributed by atoms with Gasteiger partial charge in [-0.05, 0) is 31.9 Å². The summed E-state index contributed by atoms with van der Waals surface area (Å²) in [6.45, 7) is 3.14. The number of nitrogens with zero attached hydrogens (tertiary/aromatic N) is 3. The van der Waals surface area contributed by atoms with Crippen LogP contribution in [-0.2, 0) is 10.0 Å². The molecule has 1 aromatic heterocycles. The largest absolute Gasteiger partial charge is 0.486 e. The van der Waals surface area contributed by atoms with Gasteiger partial charge in [-0.1, -0.05) is 0 Å². The van der Waals surface area contributed by atoms with E-state index in [-0.39, 0.29) is 10.9 Å². The lowest BCUT2D eigenvalue weighted by molar-refractivity contribution is 0.171. The summed E-state index contributed by atoms with van der Waals surface area (Å²) in [7, 11) is -3.66. The zero-order chi connectivity index (χ0) is 16.7. The van der Waals surface area contributed by atoms with Crippen LogP contribution in [0.25, 0.3) is 0 Å². The van der Waals surface area contributed by atoms with Crippen LogP contribution >= 0.6 is 0 Å². The van der Waals surface area contributed by atoms with E-state index in [1.54, 1.807) is 19.1 Å². The number of hydrogen-bond acceptors (Lipinski definition) is 6. The fourth-order valence-corrected chi connectivity index (χ4v) is 4.79. The van der Waals surface area contributed by atoms with Crippen LogP contribution in [0.3, 0.4) is 0 Å². The number of aryl methyl sites for hydroxylation is 1. The molecule has 128 valence electrons. The molecule has 1 N–H and O–H groups in total. The van der Waals surface area contributed by atoms with E-state index >= 15 is 0 Å². The van der Waals surface area contributed by atoms with Gasteiger partial charge in [0.25, 0.3) is 0 Å². The molecule has 0 amide bonds. The molecule has 1 unspecified atom stereocenters. The van der Waals surface area contributed by atoms with E-state index in [0.717, 1.165) is 6.42 Å². The molecule has 3 heterocycles. The average Bonchev–Trinajstić information content (AvgIpc) is 3.23. The van der Waals surface area contributed by atoms with Crippen LogP contribution in [-0.4, -0.2) is 47.7 Å². The van der Waals surface area contributed by atoms with Gasteiger partial charge >= 0.3 is 0 Å². The fraction of sp³-hybridized carbons (Fsp3) is 0.467. The van der Waals surface area contributed by atoms with E-state index in [1.807, 2.05) is 0 Å². The van der Waals surface area contributed by atoms with Crippen molar-refractivity contribution in [2.75, 3.05) is 19.8 Å². The van der Waals surface area contributed by atoms with Gasteiger partial charge in [0.05, 0.1) is 10.9 Å². The Kier molecular flexibility index (Phi) is 3.69. The second-order valence-corrected chi connectivity index (χ2v) is 7.75. The highest BCUT2D eigenvalue weighted by Crippen LogP contribution is 2.38. The normalized spacial score (nSPS) is 21.1. The Bertz CT molecular complexity index is 864. The maximum atomic E-state index is 13.1. The van der Waals surface area contributed by atoms with Crippen molar-refractivity contribution in [1.29, 1.82) is 0 Å². The van der Waals surface area contributed by atoms with E-state index in [2.05, 4.69) is 15.2 Å². The van der Waals surface area contributed by atoms with Gasteiger partial charge in [-0.3, -0.25) is 5.10 Å². The molecule has 2 aliphatic rings. The molecule has 2 aromatic rings. The Morgan fingerprint density at radius 1 is 1.25 bits per heavy atom. The van der Waals surface area contributed by atoms with Gasteiger partial charge in [0, 0.05) is 12.6 Å². The van der Waals surface area contributed by atoms with Gasteiger partial charge in [0.15, 0.2) is 17.3 Å². The van der Waals surface area contributed by atoms with E-state index in [0.29, 0.717) is 49.3 Å². The number of H-pyrrole nitrogens is 1. The van der Waals surface area contributed by atoms with E-state index in [4.69, 9.17) is 9.47 Å². The van der Waals surface area contributed by atoms with Gasteiger partial charge in [-0.2, -0.15) is 9.40 Å². The van der Waals surface area contributed by atoms with Crippen molar-refractivity contribution >= 4 is 10.0 Å². The molecule has 4 rings (SSSR count). The first-order valence-corrected chi connectivity index (χ1v) is 9.30. The number of ether oxygens (including phenoxy) is 2. The van der Waals surface area contributed by atoms with Crippen molar-refractivity contribution < 1.29 is 17.9 Å². The maximum Gasteiger partial charge on any atom is 0.243 e. The first kappa shape index (κ1) is 15.4. The number of nitrogens with one attached hydrogen (secondary N) is 1. The van der Waals surface area contributed by atoms with Crippen LogP contribution in [0, 0.1) is 6.92 Å². The molecule has 1 fully saturated rings. The van der Waals surface area contributed by atoms with Crippen molar-refractivity contribution in [3.05, 3.63) is 29.8 Å². The average molecular weight is 350 g/mol. The number of benzene rings is 1. The van der Waals surface area contributed by atoms with Gasteiger partial charge in [0.1, 0.15) is 19.0 Å². The highest BCUT2D eigenvalue weighted by Gasteiger charge is 2.38. The van der Waals surface area contributed by atoms with Gasteiger partial charge in [0.2, 0.25) is 10.0 Å². The quantitative estimate of drug-likeness (QED) is 0.899. The second-order valence-electron chi connectivity index (χ2n) is 5.86. The Labute approximate surface area is 139 Å². The zero-order valence-corrected chi connectivity index (χ0v) is 14.0. The lowest BCUT2D eigenvalue weighted by Crippen LogP contribution is -2.31. The molecule has 0 spiro atoms. The standard InChI is InChI=1S/C15H18N4O4S/c1-10-16-15(18-17-10)12-3-2-6-19(12)24(20,21)11-4-5-13-14(9-11)23-8-7-22-13/h4-5,9,12H,2-3,6-8H2,1H3,(H,16,17,18). The van der Waals surface area contributed by atoms with Crippen LogP contribution < -0.4 is 9.47 Å². The number of aromatic nitrogens is 3. The highest BCUT2D eigenvalue weighted by atomic mass is 32.2. The summed E-state index contributed by atoms with van der Waals surface area (Å²) in [5.41, 5.74) is 0. The summed E-state index contributed by atoms with van der Waals surface area (Å²) in [5, 5.41) is 6.92. The summed E-state index contributed by atoms with van der Waals surface area (Å²) in [4.78, 5) is 4.50. The molecule has 1 saturated heterocycles. The Balaban J connectivity index is 1.69. The molecule has 1 aromatic carbocycles. The van der Waals surface area contributed by atoms with Crippen LogP contribution in [0.2, 0.25) is 0 Å². The van der Waals surface area contributed by atoms with Crippen molar-refractivity contribution in [2.45, 2.75) is 30.7 Å². The van der Waals surface area contributed by atoms with Crippen molar-refractivity contribution in [2.24, 2.45) is 0 Å². The molecule has 0 aliphatic carbocycles. The van der Waals surface area contributed by atoms with Crippen molar-refractivity contribution in [3.8, 4) is 11.5 Å². The Morgan fingerprint density at radius 3 is 2.79 bits per heavy atom. The molecule has 1 atom stereocenters. The summed E-state index contributed by atoms with van der Waals surface area (Å²) < 4.78 is 38.6. The number of aromatic amines is 1. The third-order valence-electron chi connectivity index (χ3n) is 4.24. The molecule has 2 aliphatic heterocycles. The number of sulfonamides is 1. The smallest absolute Gasteiger partial charge is 0.243 e. The first-order chi connectivity index (χ1) is 11.6. The minimum absolute atomic E-state index is 0.200. The molecule has 0 radical (unpaired) electrons. The lowest BCUT2D eigenvalue weighted by Gasteiger charge is -2.23. The molecular weight excluding hydrogens is 332 g/mol. The van der Waals surface area contributed by atoms with E-state index < -0.39 is 10.0 Å². The molecular formula is C15H18N4O4S. The predicted octanol–water partition coefficient (Wildman–Crippen LogP) is 1.41. The minimum Gasteiger partial charge on any atom is -0.486 e. The van der Waals surface area contributed by atoms with Crippen LogP contribution in [0.15, 0.2) is 23.1 Å². The van der Waals surface area contributed by atoms with Crippen LogP contribution in [0.1, 0.15) is 30.5 Å². The Hall–Kier alpha value is -2.13. The maximum absolute atomic E-state index is 13.1. The minimum atomic E-state index is -3.66. The van der Waals surface area contributed by atoms with Gasteiger partial charge in [-0.15, -0.1) is 0 Å². The third kappa shape index (κ3) is 2.53. The molecule has 0 bridgehead atoms. The van der Waals surface area contributed by atoms with Crippen LogP contribution in [0.4, 0.5) is 0 Å². The molecule has 8 nitrogen and oxygen atoms in total. The summed E-state index contributed by atoms with van der Waals surface area (Å²) in [6, 6.07) is 4.39. The number of rotatable bonds is 3. The second kappa shape index (κ2) is 5.75. The summed E-state index contributed by atoms with van der Waals surface area (Å²) in [6.07, 6.45) is 1.49. The molecule has 24 heavy (non-hydrogen) atoms. The zero-order valence-electron chi connectivity index (χ0n) is 13.2. The Morgan fingerprint density at radius 2 is 2.04 bits per heavy atom. The van der Waals surface area contributed by atoms with E-state index in [9.17, 15) is 8.42 Å². The van der Waals surface area contributed by atoms with Crippen molar-refractivity contribution in [1.82, 2.24) is 19.5 Å². The third-order valence-corrected chi connectivity index (χ3v) is 6.14. The topological polar surface area (TPSA) is 97.4 Å². The van der Waals surface area contributed by atoms with Crippen molar-refractivity contribution in [3.63, 3.8) is 0 Å². The van der Waals surface area contributed by atoms with Crippen LogP contribution in [0.5, 0.6) is 11.5 Å². The van der Waals surface area contributed by atoms with Gasteiger partial charge in [-0.25, -0.2) is 13.4 Å². The highest BCUT2D eigenvalue weighted by molar-refractivity contribution is 7.89. The first-order valence-electron chi connectivity index (χ1n) is 7.86. The number of hydrogen-bond donors (Lipinski definition) is 1. The van der Waals surface area contributed by atoms with Gasteiger partial charge < -0.3 is 9.47 Å². The fourth-order valence-electron chi connectivity index (χ4n) is 3.11. The van der Waals surface area contributed by atoms with E-state index in [1.165, 1.54) is 10.4 Å².